The van der Waals surface area contributed by atoms with Gasteiger partial charge in [0.05, 0.1) is 5.25 Å². The molecule has 112 valence electrons. The summed E-state index contributed by atoms with van der Waals surface area (Å²) in [6, 6.07) is 9.79. The van der Waals surface area contributed by atoms with Gasteiger partial charge in [0.25, 0.3) is 0 Å². The zero-order valence-electron chi connectivity index (χ0n) is 11.3. The van der Waals surface area contributed by atoms with Crippen LogP contribution in [0.3, 0.4) is 0 Å². The molecule has 6 heteroatoms. The maximum Gasteiger partial charge on any atom is 0.214 e. The molecule has 1 N–H and O–H groups in total. The average molecular weight is 362 g/mol. The molecule has 1 aromatic rings. The highest BCUT2D eigenvalue weighted by Crippen LogP contribution is 2.16. The van der Waals surface area contributed by atoms with E-state index in [1.807, 2.05) is 30.3 Å². The van der Waals surface area contributed by atoms with E-state index < -0.39 is 10.0 Å². The van der Waals surface area contributed by atoms with Crippen LogP contribution in [0, 0.1) is 0 Å². The third-order valence-corrected chi connectivity index (χ3v) is 6.24. The van der Waals surface area contributed by atoms with Crippen molar-refractivity contribution in [3.8, 4) is 0 Å². The Labute approximate surface area is 129 Å². The van der Waals surface area contributed by atoms with Crippen LogP contribution in [0.1, 0.15) is 18.4 Å². The first kappa shape index (κ1) is 15.9. The predicted molar refractivity (Wildman–Crippen MR) is 83.6 cm³/mol. The SMILES string of the molecule is O=S(=O)(NC(CBr)Cc1ccccc1)C1CCOCC1. The lowest BCUT2D eigenvalue weighted by Crippen LogP contribution is -2.44. The van der Waals surface area contributed by atoms with E-state index in [9.17, 15) is 8.42 Å². The number of benzene rings is 1. The summed E-state index contributed by atoms with van der Waals surface area (Å²) < 4.78 is 32.8. The molecule has 20 heavy (non-hydrogen) atoms. The van der Waals surface area contributed by atoms with Gasteiger partial charge < -0.3 is 4.74 Å². The molecule has 1 aliphatic rings. The second-order valence-electron chi connectivity index (χ2n) is 5.02. The smallest absolute Gasteiger partial charge is 0.214 e. The van der Waals surface area contributed by atoms with E-state index in [4.69, 9.17) is 4.74 Å². The van der Waals surface area contributed by atoms with Gasteiger partial charge in [0.1, 0.15) is 0 Å². The van der Waals surface area contributed by atoms with Crippen molar-refractivity contribution in [3.63, 3.8) is 0 Å². The predicted octanol–water partition coefficient (Wildman–Crippen LogP) is 2.09. The Bertz CT molecular complexity index is 500. The van der Waals surface area contributed by atoms with E-state index in [0.717, 1.165) is 5.56 Å². The fourth-order valence-electron chi connectivity index (χ4n) is 2.34. The zero-order chi connectivity index (χ0) is 14.4. The van der Waals surface area contributed by atoms with Crippen molar-refractivity contribution in [2.24, 2.45) is 0 Å². The second kappa shape index (κ2) is 7.54. The van der Waals surface area contributed by atoms with Gasteiger partial charge in [-0.3, -0.25) is 0 Å². The molecule has 0 aromatic heterocycles. The molecule has 0 amide bonds. The second-order valence-corrected chi connectivity index (χ2v) is 7.66. The average Bonchev–Trinajstić information content (AvgIpc) is 2.48. The van der Waals surface area contributed by atoms with Crippen molar-refractivity contribution in [2.45, 2.75) is 30.6 Å². The van der Waals surface area contributed by atoms with Gasteiger partial charge in [-0.2, -0.15) is 0 Å². The Kier molecular flexibility index (Phi) is 6.01. The molecule has 2 rings (SSSR count). The minimum atomic E-state index is -3.27. The first-order valence-electron chi connectivity index (χ1n) is 6.80. The van der Waals surface area contributed by atoms with Crippen LogP contribution in [0.2, 0.25) is 0 Å². The Morgan fingerprint density at radius 3 is 2.50 bits per heavy atom. The first-order chi connectivity index (χ1) is 9.62. The van der Waals surface area contributed by atoms with E-state index in [0.29, 0.717) is 37.8 Å². The van der Waals surface area contributed by atoms with Crippen LogP contribution >= 0.6 is 15.9 Å². The number of hydrogen-bond donors (Lipinski definition) is 1. The fraction of sp³-hybridized carbons (Fsp3) is 0.571. The molecule has 1 heterocycles. The van der Waals surface area contributed by atoms with Crippen LogP contribution in [0.4, 0.5) is 0 Å². The van der Waals surface area contributed by atoms with Crippen LogP contribution in [-0.2, 0) is 21.2 Å². The van der Waals surface area contributed by atoms with Gasteiger partial charge in [-0.1, -0.05) is 46.3 Å². The fourth-order valence-corrected chi connectivity index (χ4v) is 4.58. The van der Waals surface area contributed by atoms with Gasteiger partial charge in [0.2, 0.25) is 10.0 Å². The standard InChI is InChI=1S/C14H20BrNO3S/c15-11-13(10-12-4-2-1-3-5-12)16-20(17,18)14-6-8-19-9-7-14/h1-5,13-14,16H,6-11H2. The molecule has 1 atom stereocenters. The molecule has 4 nitrogen and oxygen atoms in total. The van der Waals surface area contributed by atoms with Crippen LogP contribution in [0.15, 0.2) is 30.3 Å². The molecule has 0 spiro atoms. The van der Waals surface area contributed by atoms with Gasteiger partial charge in [0.15, 0.2) is 0 Å². The van der Waals surface area contributed by atoms with Crippen LogP contribution < -0.4 is 4.72 Å². The van der Waals surface area contributed by atoms with E-state index >= 15 is 0 Å². The molecule has 1 aliphatic heterocycles. The first-order valence-corrected chi connectivity index (χ1v) is 9.47. The monoisotopic (exact) mass is 361 g/mol. The van der Waals surface area contributed by atoms with Crippen molar-refractivity contribution in [2.75, 3.05) is 18.5 Å². The van der Waals surface area contributed by atoms with Gasteiger partial charge in [-0.25, -0.2) is 13.1 Å². The van der Waals surface area contributed by atoms with Crippen molar-refractivity contribution in [3.05, 3.63) is 35.9 Å². The molecule has 0 aliphatic carbocycles. The van der Waals surface area contributed by atoms with Crippen LogP contribution in [0.5, 0.6) is 0 Å². The quantitative estimate of drug-likeness (QED) is 0.789. The lowest BCUT2D eigenvalue weighted by Gasteiger charge is -2.25. The lowest BCUT2D eigenvalue weighted by molar-refractivity contribution is 0.0981. The van der Waals surface area contributed by atoms with Crippen molar-refractivity contribution in [1.82, 2.24) is 4.72 Å². The van der Waals surface area contributed by atoms with Crippen LogP contribution in [-0.4, -0.2) is 38.3 Å². The van der Waals surface area contributed by atoms with E-state index in [1.54, 1.807) is 0 Å². The van der Waals surface area contributed by atoms with E-state index in [-0.39, 0.29) is 11.3 Å². The van der Waals surface area contributed by atoms with Crippen molar-refractivity contribution < 1.29 is 13.2 Å². The summed E-state index contributed by atoms with van der Waals surface area (Å²) >= 11 is 3.40. The molecule has 1 aromatic carbocycles. The highest BCUT2D eigenvalue weighted by Gasteiger charge is 2.29. The maximum atomic E-state index is 12.4. The summed E-state index contributed by atoms with van der Waals surface area (Å²) in [5.41, 5.74) is 1.13. The summed E-state index contributed by atoms with van der Waals surface area (Å²) in [5, 5.41) is 0.276. The minimum Gasteiger partial charge on any atom is -0.381 e. The number of halogens is 1. The molecular weight excluding hydrogens is 342 g/mol. The molecular formula is C14H20BrNO3S. The van der Waals surface area contributed by atoms with Crippen molar-refractivity contribution >= 4 is 26.0 Å². The Hall–Kier alpha value is -0.430. The largest absolute Gasteiger partial charge is 0.381 e. The molecule has 0 saturated carbocycles. The number of sulfonamides is 1. The van der Waals surface area contributed by atoms with Gasteiger partial charge in [-0.05, 0) is 24.8 Å². The normalized spacial score (nSPS) is 18.9. The van der Waals surface area contributed by atoms with E-state index in [2.05, 4.69) is 20.7 Å². The number of ether oxygens (including phenoxy) is 1. The summed E-state index contributed by atoms with van der Waals surface area (Å²) in [6.07, 6.45) is 1.85. The highest BCUT2D eigenvalue weighted by atomic mass is 79.9. The highest BCUT2D eigenvalue weighted by molar-refractivity contribution is 9.09. The van der Waals surface area contributed by atoms with Gasteiger partial charge >= 0.3 is 0 Å². The van der Waals surface area contributed by atoms with E-state index in [1.165, 1.54) is 0 Å². The zero-order valence-corrected chi connectivity index (χ0v) is 13.7. The number of rotatable bonds is 6. The molecule has 0 bridgehead atoms. The summed E-state index contributed by atoms with van der Waals surface area (Å²) in [6.45, 7) is 1.06. The molecule has 1 fully saturated rings. The number of nitrogens with one attached hydrogen (secondary N) is 1. The van der Waals surface area contributed by atoms with Gasteiger partial charge in [-0.15, -0.1) is 0 Å². The summed E-state index contributed by atoms with van der Waals surface area (Å²) in [7, 11) is -3.27. The van der Waals surface area contributed by atoms with Crippen LogP contribution in [0.25, 0.3) is 0 Å². The third-order valence-electron chi connectivity index (χ3n) is 3.45. The molecule has 1 unspecified atom stereocenters. The molecule has 1 saturated heterocycles. The third kappa shape index (κ3) is 4.55. The topological polar surface area (TPSA) is 55.4 Å². The van der Waals surface area contributed by atoms with Crippen molar-refractivity contribution in [1.29, 1.82) is 0 Å². The lowest BCUT2D eigenvalue weighted by atomic mass is 10.1. The Morgan fingerprint density at radius 2 is 1.90 bits per heavy atom. The molecule has 0 radical (unpaired) electrons. The van der Waals surface area contributed by atoms with Gasteiger partial charge in [0, 0.05) is 24.6 Å². The number of hydrogen-bond acceptors (Lipinski definition) is 3. The Morgan fingerprint density at radius 1 is 1.25 bits per heavy atom. The number of alkyl halides is 1. The minimum absolute atomic E-state index is 0.120. The summed E-state index contributed by atoms with van der Waals surface area (Å²) in [4.78, 5) is 0. The maximum absolute atomic E-state index is 12.4. The summed E-state index contributed by atoms with van der Waals surface area (Å²) in [5.74, 6) is 0. The Balaban J connectivity index is 1.98.